The smallest absolute Gasteiger partial charge is 0.251 e. The minimum absolute atomic E-state index is 0.144. The summed E-state index contributed by atoms with van der Waals surface area (Å²) in [6.07, 6.45) is 0. The van der Waals surface area contributed by atoms with Gasteiger partial charge < -0.3 is 5.73 Å². The van der Waals surface area contributed by atoms with Crippen LogP contribution in [0.4, 0.5) is 4.39 Å². The van der Waals surface area contributed by atoms with Crippen LogP contribution >= 0.6 is 0 Å². The Morgan fingerprint density at radius 1 is 1.00 bits per heavy atom. The van der Waals surface area contributed by atoms with Gasteiger partial charge >= 0.3 is 0 Å². The average Bonchev–Trinajstić information content (AvgIpc) is 2.38. The van der Waals surface area contributed by atoms with Gasteiger partial charge in [0, 0.05) is 5.56 Å². The lowest BCUT2D eigenvalue weighted by atomic mass is 10.1. The summed E-state index contributed by atoms with van der Waals surface area (Å²) in [4.78, 5) is 11.0. The molecule has 2 N–H and O–H groups in total. The molecular weight excluding hydrogens is 229 g/mol. The van der Waals surface area contributed by atoms with E-state index in [4.69, 9.17) is 5.73 Å². The van der Waals surface area contributed by atoms with Gasteiger partial charge in [0.25, 0.3) is 5.91 Å². The van der Waals surface area contributed by atoms with E-state index >= 15 is 0 Å². The van der Waals surface area contributed by atoms with Gasteiger partial charge in [0.1, 0.15) is 0 Å². The molecule has 18 heavy (non-hydrogen) atoms. The largest absolute Gasteiger partial charge is 0.366 e. The van der Waals surface area contributed by atoms with E-state index in [9.17, 15) is 9.18 Å². The van der Waals surface area contributed by atoms with Crippen molar-refractivity contribution in [2.24, 2.45) is 5.73 Å². The Kier molecular flexibility index (Phi) is 3.40. The van der Waals surface area contributed by atoms with E-state index in [1.165, 1.54) is 12.1 Å². The fourth-order valence-corrected chi connectivity index (χ4v) is 1.48. The highest BCUT2D eigenvalue weighted by Crippen LogP contribution is 2.11. The monoisotopic (exact) mass is 239 g/mol. The fraction of sp³-hybridized carbons (Fsp3) is 0. The average molecular weight is 239 g/mol. The van der Waals surface area contributed by atoms with Crippen LogP contribution < -0.4 is 5.73 Å². The number of halogens is 1. The Morgan fingerprint density at radius 2 is 1.72 bits per heavy atom. The van der Waals surface area contributed by atoms with Crippen molar-refractivity contribution in [1.29, 1.82) is 0 Å². The van der Waals surface area contributed by atoms with Crippen molar-refractivity contribution in [3.05, 3.63) is 71.0 Å². The molecule has 0 atom stereocenters. The lowest BCUT2D eigenvalue weighted by Crippen LogP contribution is -2.13. The standard InChI is InChI=1S/C15H10FNO/c16-14-12(7-4-8-13(14)15(17)18)10-9-11-5-2-1-3-6-11/h1-8H,(H2,17,18). The van der Waals surface area contributed by atoms with Gasteiger partial charge in [0.05, 0.1) is 11.1 Å². The van der Waals surface area contributed by atoms with Crippen LogP contribution in [-0.2, 0) is 0 Å². The number of hydrogen-bond acceptors (Lipinski definition) is 1. The molecule has 0 fully saturated rings. The molecule has 1 amide bonds. The first-order chi connectivity index (χ1) is 8.68. The SMILES string of the molecule is NC(=O)c1cccc(C#Cc2ccccc2)c1F. The second-order valence-corrected chi connectivity index (χ2v) is 3.65. The molecule has 0 radical (unpaired) electrons. The Labute approximate surface area is 104 Å². The molecule has 0 saturated heterocycles. The molecule has 0 aliphatic rings. The molecule has 2 aromatic rings. The van der Waals surface area contributed by atoms with Gasteiger partial charge in [-0.25, -0.2) is 4.39 Å². The van der Waals surface area contributed by atoms with Crippen LogP contribution in [0.5, 0.6) is 0 Å². The lowest BCUT2D eigenvalue weighted by molar-refractivity contribution is 0.0996. The number of carbonyl (C=O) groups excluding carboxylic acids is 1. The van der Waals surface area contributed by atoms with Crippen LogP contribution in [0.25, 0.3) is 0 Å². The minimum atomic E-state index is -0.795. The molecule has 0 saturated carbocycles. The molecule has 3 heteroatoms. The second kappa shape index (κ2) is 5.15. The van der Waals surface area contributed by atoms with Crippen LogP contribution in [0.15, 0.2) is 48.5 Å². The number of primary amides is 1. The molecule has 0 bridgehead atoms. The normalized spacial score (nSPS) is 9.39. The van der Waals surface area contributed by atoms with E-state index in [0.29, 0.717) is 0 Å². The maximum absolute atomic E-state index is 13.8. The van der Waals surface area contributed by atoms with Crippen LogP contribution in [0.2, 0.25) is 0 Å². The van der Waals surface area contributed by atoms with Crippen LogP contribution in [0, 0.1) is 17.7 Å². The molecule has 0 aromatic heterocycles. The predicted molar refractivity (Wildman–Crippen MR) is 67.3 cm³/mol. The van der Waals surface area contributed by atoms with Gasteiger partial charge in [-0.2, -0.15) is 0 Å². The first-order valence-corrected chi connectivity index (χ1v) is 5.34. The maximum atomic E-state index is 13.8. The number of benzene rings is 2. The Balaban J connectivity index is 2.39. The summed E-state index contributed by atoms with van der Waals surface area (Å²) in [7, 11) is 0. The summed E-state index contributed by atoms with van der Waals surface area (Å²) in [5.41, 5.74) is 5.86. The van der Waals surface area contributed by atoms with Gasteiger partial charge in [0.2, 0.25) is 0 Å². The van der Waals surface area contributed by atoms with E-state index in [2.05, 4.69) is 11.8 Å². The van der Waals surface area contributed by atoms with Gasteiger partial charge in [-0.3, -0.25) is 4.79 Å². The molecule has 0 aliphatic heterocycles. The number of nitrogens with two attached hydrogens (primary N) is 1. The Hall–Kier alpha value is -2.60. The number of rotatable bonds is 1. The molecule has 0 aliphatic carbocycles. The van der Waals surface area contributed by atoms with E-state index in [1.54, 1.807) is 6.07 Å². The van der Waals surface area contributed by atoms with Crippen molar-refractivity contribution < 1.29 is 9.18 Å². The predicted octanol–water partition coefficient (Wildman–Crippen LogP) is 2.32. The van der Waals surface area contributed by atoms with E-state index in [1.807, 2.05) is 30.3 Å². The summed E-state index contributed by atoms with van der Waals surface area (Å²) in [6, 6.07) is 13.6. The Bertz CT molecular complexity index is 639. The van der Waals surface area contributed by atoms with Crippen molar-refractivity contribution in [2.45, 2.75) is 0 Å². The number of amides is 1. The number of hydrogen-bond donors (Lipinski definition) is 1. The van der Waals surface area contributed by atoms with Gasteiger partial charge in [-0.1, -0.05) is 36.1 Å². The van der Waals surface area contributed by atoms with Crippen LogP contribution in [0.3, 0.4) is 0 Å². The lowest BCUT2D eigenvalue weighted by Gasteiger charge is -1.99. The summed E-state index contributed by atoms with van der Waals surface area (Å²) in [5, 5.41) is 0. The second-order valence-electron chi connectivity index (χ2n) is 3.65. The van der Waals surface area contributed by atoms with Crippen molar-refractivity contribution in [1.82, 2.24) is 0 Å². The van der Waals surface area contributed by atoms with Gasteiger partial charge in [-0.15, -0.1) is 0 Å². The van der Waals surface area contributed by atoms with Crippen molar-refractivity contribution in [3.63, 3.8) is 0 Å². The first-order valence-electron chi connectivity index (χ1n) is 5.34. The van der Waals surface area contributed by atoms with E-state index in [-0.39, 0.29) is 11.1 Å². The first kappa shape index (κ1) is 11.9. The summed E-state index contributed by atoms with van der Waals surface area (Å²) >= 11 is 0. The molecule has 0 spiro atoms. The number of carbonyl (C=O) groups is 1. The quantitative estimate of drug-likeness (QED) is 0.762. The van der Waals surface area contributed by atoms with E-state index < -0.39 is 11.7 Å². The maximum Gasteiger partial charge on any atom is 0.251 e. The van der Waals surface area contributed by atoms with Gasteiger partial charge in [-0.05, 0) is 24.3 Å². The third-order valence-electron chi connectivity index (χ3n) is 2.38. The highest BCUT2D eigenvalue weighted by Gasteiger charge is 2.10. The van der Waals surface area contributed by atoms with E-state index in [0.717, 1.165) is 5.56 Å². The molecular formula is C15H10FNO. The minimum Gasteiger partial charge on any atom is -0.366 e. The highest BCUT2D eigenvalue weighted by molar-refractivity contribution is 5.93. The highest BCUT2D eigenvalue weighted by atomic mass is 19.1. The zero-order valence-corrected chi connectivity index (χ0v) is 9.48. The zero-order valence-electron chi connectivity index (χ0n) is 9.48. The Morgan fingerprint density at radius 3 is 2.39 bits per heavy atom. The van der Waals surface area contributed by atoms with Crippen molar-refractivity contribution in [2.75, 3.05) is 0 Å². The topological polar surface area (TPSA) is 43.1 Å². The van der Waals surface area contributed by atoms with Crippen molar-refractivity contribution in [3.8, 4) is 11.8 Å². The third kappa shape index (κ3) is 2.55. The molecule has 2 aromatic carbocycles. The summed E-state index contributed by atoms with van der Waals surface area (Å²) in [6.45, 7) is 0. The molecule has 2 nitrogen and oxygen atoms in total. The molecule has 0 heterocycles. The van der Waals surface area contributed by atoms with Gasteiger partial charge in [0.15, 0.2) is 5.82 Å². The fourth-order valence-electron chi connectivity index (χ4n) is 1.48. The summed E-state index contributed by atoms with van der Waals surface area (Å²) < 4.78 is 13.8. The molecule has 88 valence electrons. The van der Waals surface area contributed by atoms with Crippen LogP contribution in [-0.4, -0.2) is 5.91 Å². The molecule has 2 rings (SSSR count). The summed E-state index contributed by atoms with van der Waals surface area (Å²) in [5.74, 6) is 4.05. The zero-order chi connectivity index (χ0) is 13.0. The van der Waals surface area contributed by atoms with Crippen molar-refractivity contribution >= 4 is 5.91 Å². The van der Waals surface area contributed by atoms with Crippen LogP contribution in [0.1, 0.15) is 21.5 Å². The molecule has 0 unspecified atom stereocenters. The third-order valence-corrected chi connectivity index (χ3v) is 2.38.